The highest BCUT2D eigenvalue weighted by Gasteiger charge is 2.16. The Labute approximate surface area is 106 Å². The van der Waals surface area contributed by atoms with E-state index < -0.39 is 6.10 Å². The van der Waals surface area contributed by atoms with E-state index in [1.54, 1.807) is 18.2 Å². The smallest absolute Gasteiger partial charge is 0.129 e. The van der Waals surface area contributed by atoms with Crippen molar-refractivity contribution in [3.05, 3.63) is 35.6 Å². The summed E-state index contributed by atoms with van der Waals surface area (Å²) in [6.07, 6.45) is 1.51. The number of benzene rings is 1. The Balaban J connectivity index is 1.84. The van der Waals surface area contributed by atoms with Crippen molar-refractivity contribution in [3.8, 4) is 0 Å². The van der Waals surface area contributed by atoms with E-state index in [-0.39, 0.29) is 5.82 Å². The Bertz CT molecular complexity index is 355. The highest BCUT2D eigenvalue weighted by Crippen LogP contribution is 2.19. The van der Waals surface area contributed by atoms with Crippen LogP contribution < -0.4 is 5.32 Å². The number of thioether (sulfide) groups is 1. The number of halogens is 1. The first-order valence-electron chi connectivity index (χ1n) is 6.01. The minimum Gasteiger partial charge on any atom is -0.387 e. The molecular weight excluding hydrogens is 237 g/mol. The van der Waals surface area contributed by atoms with Crippen molar-refractivity contribution < 1.29 is 9.50 Å². The summed E-state index contributed by atoms with van der Waals surface area (Å²) in [4.78, 5) is 0. The van der Waals surface area contributed by atoms with Gasteiger partial charge in [0.15, 0.2) is 0 Å². The lowest BCUT2D eigenvalue weighted by atomic mass is 10.1. The molecule has 1 atom stereocenters. The van der Waals surface area contributed by atoms with Crippen LogP contribution in [0, 0.1) is 5.82 Å². The summed E-state index contributed by atoms with van der Waals surface area (Å²) in [5, 5.41) is 13.2. The first-order valence-corrected chi connectivity index (χ1v) is 7.16. The first kappa shape index (κ1) is 12.9. The fourth-order valence-corrected chi connectivity index (χ4v) is 3.14. The van der Waals surface area contributed by atoms with E-state index in [0.29, 0.717) is 18.2 Å². The number of rotatable bonds is 4. The molecule has 94 valence electrons. The van der Waals surface area contributed by atoms with Gasteiger partial charge >= 0.3 is 0 Å². The topological polar surface area (TPSA) is 32.3 Å². The van der Waals surface area contributed by atoms with Crippen LogP contribution in [-0.4, -0.2) is 29.2 Å². The molecule has 0 spiro atoms. The molecule has 0 aromatic heterocycles. The maximum atomic E-state index is 13.4. The van der Waals surface area contributed by atoms with Gasteiger partial charge in [0, 0.05) is 18.2 Å². The molecule has 2 N–H and O–H groups in total. The van der Waals surface area contributed by atoms with E-state index in [1.807, 2.05) is 11.8 Å². The van der Waals surface area contributed by atoms with Gasteiger partial charge in [0.1, 0.15) is 5.82 Å². The summed E-state index contributed by atoms with van der Waals surface area (Å²) in [6, 6.07) is 6.88. The summed E-state index contributed by atoms with van der Waals surface area (Å²) in [5.74, 6) is 2.02. The number of aliphatic hydroxyl groups is 1. The molecule has 2 nitrogen and oxygen atoms in total. The van der Waals surface area contributed by atoms with Crippen molar-refractivity contribution in [2.24, 2.45) is 0 Å². The third-order valence-corrected chi connectivity index (χ3v) is 4.13. The Morgan fingerprint density at radius 3 is 2.76 bits per heavy atom. The Hall–Kier alpha value is -0.580. The molecule has 4 heteroatoms. The van der Waals surface area contributed by atoms with Crippen LogP contribution in [0.25, 0.3) is 0 Å². The molecule has 1 heterocycles. The number of aliphatic hydroxyl groups excluding tert-OH is 1. The van der Waals surface area contributed by atoms with Crippen LogP contribution in [0.4, 0.5) is 4.39 Å². The van der Waals surface area contributed by atoms with Crippen molar-refractivity contribution in [2.75, 3.05) is 18.1 Å². The normalized spacial score (nSPS) is 19.2. The summed E-state index contributed by atoms with van der Waals surface area (Å²) in [5.41, 5.74) is 0.380. The van der Waals surface area contributed by atoms with Crippen LogP contribution in [0.2, 0.25) is 0 Å². The fraction of sp³-hybridized carbons (Fsp3) is 0.538. The second kappa shape index (κ2) is 6.38. The van der Waals surface area contributed by atoms with E-state index >= 15 is 0 Å². The molecule has 17 heavy (non-hydrogen) atoms. The quantitative estimate of drug-likeness (QED) is 0.866. The molecule has 1 aliphatic rings. The van der Waals surface area contributed by atoms with Gasteiger partial charge < -0.3 is 10.4 Å². The zero-order valence-corrected chi connectivity index (χ0v) is 10.5. The SMILES string of the molecule is OC(CNC1CCSCC1)c1ccccc1F. The standard InChI is InChI=1S/C13H18FNOS/c14-12-4-2-1-3-11(12)13(16)9-15-10-5-7-17-8-6-10/h1-4,10,13,15-16H,5-9H2. The fourth-order valence-electron chi connectivity index (χ4n) is 2.04. The molecule has 1 unspecified atom stereocenters. The molecule has 0 aliphatic carbocycles. The first-order chi connectivity index (χ1) is 8.27. The Morgan fingerprint density at radius 1 is 1.35 bits per heavy atom. The van der Waals surface area contributed by atoms with Crippen LogP contribution in [0.15, 0.2) is 24.3 Å². The lowest BCUT2D eigenvalue weighted by Crippen LogP contribution is -2.35. The molecule has 1 aromatic rings. The maximum absolute atomic E-state index is 13.4. The molecule has 1 aromatic carbocycles. The number of nitrogens with one attached hydrogen (secondary N) is 1. The van der Waals surface area contributed by atoms with Crippen molar-refractivity contribution in [1.82, 2.24) is 5.32 Å². The van der Waals surface area contributed by atoms with Gasteiger partial charge in [0.05, 0.1) is 6.10 Å². The molecule has 0 radical (unpaired) electrons. The largest absolute Gasteiger partial charge is 0.387 e. The van der Waals surface area contributed by atoms with Gasteiger partial charge in [-0.1, -0.05) is 18.2 Å². The monoisotopic (exact) mass is 255 g/mol. The van der Waals surface area contributed by atoms with Gasteiger partial charge in [-0.2, -0.15) is 11.8 Å². The third kappa shape index (κ3) is 3.69. The van der Waals surface area contributed by atoms with Crippen molar-refractivity contribution in [2.45, 2.75) is 25.0 Å². The van der Waals surface area contributed by atoms with E-state index in [9.17, 15) is 9.50 Å². The van der Waals surface area contributed by atoms with Gasteiger partial charge in [0.2, 0.25) is 0 Å². The minimum atomic E-state index is -0.759. The van der Waals surface area contributed by atoms with Gasteiger partial charge in [-0.3, -0.25) is 0 Å². The minimum absolute atomic E-state index is 0.332. The van der Waals surface area contributed by atoms with Gasteiger partial charge in [-0.15, -0.1) is 0 Å². The zero-order chi connectivity index (χ0) is 12.1. The average molecular weight is 255 g/mol. The predicted octanol–water partition coefficient (Wildman–Crippen LogP) is 2.34. The predicted molar refractivity (Wildman–Crippen MR) is 69.7 cm³/mol. The molecule has 1 saturated heterocycles. The van der Waals surface area contributed by atoms with Gasteiger partial charge in [-0.25, -0.2) is 4.39 Å². The molecule has 1 fully saturated rings. The highest BCUT2D eigenvalue weighted by atomic mass is 32.2. The van der Waals surface area contributed by atoms with Crippen LogP contribution in [0.5, 0.6) is 0 Å². The van der Waals surface area contributed by atoms with E-state index in [4.69, 9.17) is 0 Å². The Kier molecular flexibility index (Phi) is 4.83. The highest BCUT2D eigenvalue weighted by molar-refractivity contribution is 7.99. The lowest BCUT2D eigenvalue weighted by Gasteiger charge is -2.24. The van der Waals surface area contributed by atoms with Crippen LogP contribution in [0.1, 0.15) is 24.5 Å². The summed E-state index contributed by atoms with van der Waals surface area (Å²) in [6.45, 7) is 0.427. The van der Waals surface area contributed by atoms with Gasteiger partial charge in [0.25, 0.3) is 0 Å². The van der Waals surface area contributed by atoms with Crippen molar-refractivity contribution in [1.29, 1.82) is 0 Å². The summed E-state index contributed by atoms with van der Waals surface area (Å²) in [7, 11) is 0. The zero-order valence-electron chi connectivity index (χ0n) is 9.73. The van der Waals surface area contributed by atoms with Crippen LogP contribution >= 0.6 is 11.8 Å². The van der Waals surface area contributed by atoms with Crippen molar-refractivity contribution >= 4 is 11.8 Å². The summed E-state index contributed by atoms with van der Waals surface area (Å²) < 4.78 is 13.4. The van der Waals surface area contributed by atoms with E-state index in [2.05, 4.69) is 5.32 Å². The second-order valence-electron chi connectivity index (χ2n) is 4.33. The van der Waals surface area contributed by atoms with Crippen molar-refractivity contribution in [3.63, 3.8) is 0 Å². The second-order valence-corrected chi connectivity index (χ2v) is 5.56. The molecule has 1 aliphatic heterocycles. The molecule has 0 saturated carbocycles. The average Bonchev–Trinajstić information content (AvgIpc) is 2.38. The van der Waals surface area contributed by atoms with Crippen LogP contribution in [-0.2, 0) is 0 Å². The molecule has 0 amide bonds. The number of hydrogen-bond acceptors (Lipinski definition) is 3. The molecule has 0 bridgehead atoms. The maximum Gasteiger partial charge on any atom is 0.129 e. The van der Waals surface area contributed by atoms with Gasteiger partial charge in [-0.05, 0) is 30.4 Å². The lowest BCUT2D eigenvalue weighted by molar-refractivity contribution is 0.164. The molecular formula is C13H18FNOS. The van der Waals surface area contributed by atoms with E-state index in [1.165, 1.54) is 17.6 Å². The number of hydrogen-bond donors (Lipinski definition) is 2. The van der Waals surface area contributed by atoms with E-state index in [0.717, 1.165) is 12.8 Å². The van der Waals surface area contributed by atoms with Crippen LogP contribution in [0.3, 0.4) is 0 Å². The Morgan fingerprint density at radius 2 is 2.06 bits per heavy atom. The molecule has 2 rings (SSSR count). The third-order valence-electron chi connectivity index (χ3n) is 3.09. The summed E-state index contributed by atoms with van der Waals surface area (Å²) >= 11 is 1.97.